The highest BCUT2D eigenvalue weighted by atomic mass is 16.5. The Balaban J connectivity index is 2.65. The molecule has 0 spiro atoms. The number of aliphatic hydroxyl groups is 1. The van der Waals surface area contributed by atoms with E-state index in [9.17, 15) is 4.79 Å². The van der Waals surface area contributed by atoms with Crippen LogP contribution in [0.2, 0.25) is 0 Å². The molecule has 0 saturated heterocycles. The molecule has 0 fully saturated rings. The minimum atomic E-state index is -1.01. The quantitative estimate of drug-likeness (QED) is 0.761. The Kier molecular flexibility index (Phi) is 4.37. The smallest absolute Gasteiger partial charge is 0.341 e. The van der Waals surface area contributed by atoms with Gasteiger partial charge in [0.1, 0.15) is 5.75 Å². The third-order valence-corrected chi connectivity index (χ3v) is 1.64. The second-order valence-corrected chi connectivity index (χ2v) is 2.84. The number of hydrogen-bond donors (Lipinski definition) is 2. The van der Waals surface area contributed by atoms with E-state index < -0.39 is 5.97 Å². The lowest BCUT2D eigenvalue weighted by atomic mass is 10.2. The second kappa shape index (κ2) is 5.82. The molecule has 0 atom stereocenters. The van der Waals surface area contributed by atoms with Crippen LogP contribution >= 0.6 is 0 Å². The molecule has 15 heavy (non-hydrogen) atoms. The Morgan fingerprint density at radius 3 is 2.93 bits per heavy atom. The molecule has 0 aliphatic heterocycles. The summed E-state index contributed by atoms with van der Waals surface area (Å²) >= 11 is 0. The second-order valence-electron chi connectivity index (χ2n) is 2.84. The normalized spacial score (nSPS) is 10.5. The fourth-order valence-electron chi connectivity index (χ4n) is 1.04. The van der Waals surface area contributed by atoms with Gasteiger partial charge in [-0.05, 0) is 17.7 Å². The number of carboxylic acids is 1. The topological polar surface area (TPSA) is 66.8 Å². The molecule has 2 N–H and O–H groups in total. The highest BCUT2D eigenvalue weighted by Crippen LogP contribution is 2.14. The van der Waals surface area contributed by atoms with Gasteiger partial charge in [-0.2, -0.15) is 0 Å². The number of aliphatic hydroxyl groups excluding tert-OH is 1. The molecule has 1 rings (SSSR count). The van der Waals surface area contributed by atoms with Crippen molar-refractivity contribution in [1.82, 2.24) is 0 Å². The predicted molar refractivity (Wildman–Crippen MR) is 55.7 cm³/mol. The van der Waals surface area contributed by atoms with Crippen molar-refractivity contribution in [3.63, 3.8) is 0 Å². The van der Waals surface area contributed by atoms with Crippen LogP contribution < -0.4 is 4.74 Å². The maximum Gasteiger partial charge on any atom is 0.341 e. The minimum Gasteiger partial charge on any atom is -0.482 e. The van der Waals surface area contributed by atoms with Crippen molar-refractivity contribution in [2.45, 2.75) is 0 Å². The first-order valence-electron chi connectivity index (χ1n) is 4.44. The third-order valence-electron chi connectivity index (χ3n) is 1.64. The SMILES string of the molecule is O=C(O)COc1cccc(C=CCO)c1. The van der Waals surface area contributed by atoms with E-state index in [1.165, 1.54) is 0 Å². The van der Waals surface area contributed by atoms with Gasteiger partial charge in [-0.1, -0.05) is 24.3 Å². The number of carboxylic acid groups (broad SMARTS) is 1. The van der Waals surface area contributed by atoms with E-state index in [4.69, 9.17) is 14.9 Å². The highest BCUT2D eigenvalue weighted by molar-refractivity contribution is 5.68. The average Bonchev–Trinajstić information content (AvgIpc) is 2.24. The van der Waals surface area contributed by atoms with Gasteiger partial charge in [0.25, 0.3) is 0 Å². The Morgan fingerprint density at radius 2 is 2.27 bits per heavy atom. The zero-order chi connectivity index (χ0) is 11.1. The molecule has 0 saturated carbocycles. The summed E-state index contributed by atoms with van der Waals surface area (Å²) in [4.78, 5) is 10.3. The average molecular weight is 208 g/mol. The van der Waals surface area contributed by atoms with Gasteiger partial charge < -0.3 is 14.9 Å². The summed E-state index contributed by atoms with van der Waals surface area (Å²) in [6, 6.07) is 6.97. The molecule has 80 valence electrons. The van der Waals surface area contributed by atoms with Crippen LogP contribution in [0.4, 0.5) is 0 Å². The number of rotatable bonds is 5. The van der Waals surface area contributed by atoms with Crippen LogP contribution in [0.15, 0.2) is 30.3 Å². The maximum atomic E-state index is 10.3. The van der Waals surface area contributed by atoms with Crippen molar-refractivity contribution in [3.05, 3.63) is 35.9 Å². The Morgan fingerprint density at radius 1 is 1.47 bits per heavy atom. The van der Waals surface area contributed by atoms with E-state index in [0.717, 1.165) is 5.56 Å². The van der Waals surface area contributed by atoms with Crippen molar-refractivity contribution in [2.24, 2.45) is 0 Å². The van der Waals surface area contributed by atoms with E-state index in [1.807, 2.05) is 6.07 Å². The molecule has 1 aromatic rings. The number of carbonyl (C=O) groups is 1. The van der Waals surface area contributed by atoms with E-state index in [0.29, 0.717) is 5.75 Å². The Labute approximate surface area is 87.4 Å². The van der Waals surface area contributed by atoms with Crippen LogP contribution in [0.25, 0.3) is 6.08 Å². The molecule has 4 nitrogen and oxygen atoms in total. The van der Waals surface area contributed by atoms with Crippen LogP contribution in [-0.2, 0) is 4.79 Å². The summed E-state index contributed by atoms with van der Waals surface area (Å²) in [6.45, 7) is -0.382. The molecule has 4 heteroatoms. The van der Waals surface area contributed by atoms with Crippen molar-refractivity contribution >= 4 is 12.0 Å². The number of aliphatic carboxylic acids is 1. The first-order valence-corrected chi connectivity index (χ1v) is 4.44. The zero-order valence-electron chi connectivity index (χ0n) is 8.09. The summed E-state index contributed by atoms with van der Waals surface area (Å²) in [5, 5.41) is 17.0. The van der Waals surface area contributed by atoms with Gasteiger partial charge in [0, 0.05) is 0 Å². The highest BCUT2D eigenvalue weighted by Gasteiger charge is 1.98. The van der Waals surface area contributed by atoms with Crippen LogP contribution in [0.3, 0.4) is 0 Å². The van der Waals surface area contributed by atoms with Crippen molar-refractivity contribution in [1.29, 1.82) is 0 Å². The molecule has 0 heterocycles. The lowest BCUT2D eigenvalue weighted by molar-refractivity contribution is -0.139. The van der Waals surface area contributed by atoms with Gasteiger partial charge in [0.05, 0.1) is 6.61 Å². The zero-order valence-corrected chi connectivity index (χ0v) is 8.09. The summed E-state index contributed by atoms with van der Waals surface area (Å²) in [6.07, 6.45) is 3.32. The third kappa shape index (κ3) is 4.28. The van der Waals surface area contributed by atoms with Gasteiger partial charge in [0.2, 0.25) is 0 Å². The fourth-order valence-corrected chi connectivity index (χ4v) is 1.04. The molecule has 0 aromatic heterocycles. The molecule has 1 aromatic carbocycles. The predicted octanol–water partition coefficient (Wildman–Crippen LogP) is 1.16. The monoisotopic (exact) mass is 208 g/mol. The van der Waals surface area contributed by atoms with Gasteiger partial charge in [-0.25, -0.2) is 4.79 Å². The molecular formula is C11H12O4. The lowest BCUT2D eigenvalue weighted by Crippen LogP contribution is -2.09. The largest absolute Gasteiger partial charge is 0.482 e. The number of hydrogen-bond acceptors (Lipinski definition) is 3. The Hall–Kier alpha value is -1.81. The molecule has 0 aliphatic carbocycles. The van der Waals surface area contributed by atoms with Crippen molar-refractivity contribution in [3.8, 4) is 5.75 Å². The summed E-state index contributed by atoms with van der Waals surface area (Å²) < 4.78 is 4.99. The van der Waals surface area contributed by atoms with E-state index in [2.05, 4.69) is 0 Å². The molecule has 0 radical (unpaired) electrons. The maximum absolute atomic E-state index is 10.3. The summed E-state index contributed by atoms with van der Waals surface area (Å²) in [7, 11) is 0. The first kappa shape index (κ1) is 11.3. The summed E-state index contributed by atoms with van der Waals surface area (Å²) in [5.41, 5.74) is 0.854. The van der Waals surface area contributed by atoms with Crippen LogP contribution in [-0.4, -0.2) is 29.4 Å². The molecule has 0 amide bonds. The van der Waals surface area contributed by atoms with E-state index >= 15 is 0 Å². The molecule has 0 bridgehead atoms. The van der Waals surface area contributed by atoms with Gasteiger partial charge in [-0.3, -0.25) is 0 Å². The van der Waals surface area contributed by atoms with Gasteiger partial charge in [-0.15, -0.1) is 0 Å². The standard InChI is InChI=1S/C11H12O4/c12-6-2-4-9-3-1-5-10(7-9)15-8-11(13)14/h1-5,7,12H,6,8H2,(H,13,14). The fraction of sp³-hybridized carbons (Fsp3) is 0.182. The van der Waals surface area contributed by atoms with Crippen molar-refractivity contribution in [2.75, 3.05) is 13.2 Å². The lowest BCUT2D eigenvalue weighted by Gasteiger charge is -2.03. The number of benzene rings is 1. The first-order chi connectivity index (χ1) is 7.22. The molecule has 0 aliphatic rings. The summed E-state index contributed by atoms with van der Waals surface area (Å²) in [5.74, 6) is -0.510. The Bertz CT molecular complexity index is 357. The van der Waals surface area contributed by atoms with Crippen LogP contribution in [0.5, 0.6) is 5.75 Å². The number of ether oxygens (including phenoxy) is 1. The van der Waals surface area contributed by atoms with Gasteiger partial charge >= 0.3 is 5.97 Å². The van der Waals surface area contributed by atoms with Crippen molar-refractivity contribution < 1.29 is 19.7 Å². The van der Waals surface area contributed by atoms with E-state index in [1.54, 1.807) is 30.4 Å². The minimum absolute atomic E-state index is 0.0276. The molecule has 0 unspecified atom stereocenters. The van der Waals surface area contributed by atoms with Gasteiger partial charge in [0.15, 0.2) is 6.61 Å². The van der Waals surface area contributed by atoms with E-state index in [-0.39, 0.29) is 13.2 Å². The van der Waals surface area contributed by atoms with Crippen LogP contribution in [0, 0.1) is 0 Å². The molecular weight excluding hydrogens is 196 g/mol. The van der Waals surface area contributed by atoms with Crippen LogP contribution in [0.1, 0.15) is 5.56 Å².